The number of unbranched alkanes of at least 4 members (excludes halogenated alkanes) is 1. The summed E-state index contributed by atoms with van der Waals surface area (Å²) in [5.74, 6) is -0.617. The van der Waals surface area contributed by atoms with E-state index in [1.54, 1.807) is 0 Å². The van der Waals surface area contributed by atoms with E-state index in [1.165, 1.54) is 22.1 Å². The summed E-state index contributed by atoms with van der Waals surface area (Å²) in [5, 5.41) is 13.1. The van der Waals surface area contributed by atoms with Gasteiger partial charge in [0.2, 0.25) is 0 Å². The molecule has 0 aromatic heterocycles. The Morgan fingerprint density at radius 2 is 1.75 bits per heavy atom. The Bertz CT molecular complexity index is 1160. The van der Waals surface area contributed by atoms with Crippen LogP contribution in [0.2, 0.25) is 0 Å². The van der Waals surface area contributed by atoms with E-state index in [2.05, 4.69) is 43.3 Å². The number of carbonyl (C=O) groups excluding carboxylic acids is 1. The van der Waals surface area contributed by atoms with Crippen LogP contribution in [0.25, 0.3) is 10.8 Å². The van der Waals surface area contributed by atoms with Crippen LogP contribution in [0.1, 0.15) is 65.2 Å². The third-order valence-corrected chi connectivity index (χ3v) is 11.2. The van der Waals surface area contributed by atoms with Crippen molar-refractivity contribution in [1.29, 1.82) is 0 Å². The van der Waals surface area contributed by atoms with Crippen molar-refractivity contribution in [2.24, 2.45) is 17.3 Å². The lowest BCUT2D eigenvalue weighted by Crippen LogP contribution is -2.57. The largest absolute Gasteiger partial charge is 0.493 e. The van der Waals surface area contributed by atoms with Gasteiger partial charge in [-0.1, -0.05) is 31.5 Å². The highest BCUT2D eigenvalue weighted by molar-refractivity contribution is 7.97. The van der Waals surface area contributed by atoms with Crippen LogP contribution < -0.4 is 4.74 Å². The van der Waals surface area contributed by atoms with Gasteiger partial charge in [-0.05, 0) is 75.0 Å². The van der Waals surface area contributed by atoms with E-state index in [1.807, 2.05) is 0 Å². The van der Waals surface area contributed by atoms with Crippen LogP contribution >= 0.6 is 0 Å². The monoisotopic (exact) mass is 577 g/mol. The first-order valence-corrected chi connectivity index (χ1v) is 16.3. The van der Waals surface area contributed by atoms with E-state index < -0.39 is 17.5 Å². The summed E-state index contributed by atoms with van der Waals surface area (Å²) in [6, 6.07) is 13.1. The predicted octanol–water partition coefficient (Wildman–Crippen LogP) is 6.54. The maximum Gasteiger partial charge on any atom is 0.376 e. The van der Waals surface area contributed by atoms with E-state index in [-0.39, 0.29) is 12.0 Å². The van der Waals surface area contributed by atoms with Crippen LogP contribution in [0.15, 0.2) is 41.3 Å². The lowest BCUT2D eigenvalue weighted by Gasteiger charge is -2.59. The number of esters is 1. The van der Waals surface area contributed by atoms with Crippen molar-refractivity contribution in [2.75, 3.05) is 37.9 Å². The third-order valence-electron chi connectivity index (χ3n) is 8.88. The molecule has 5 fully saturated rings. The van der Waals surface area contributed by atoms with E-state index in [0.29, 0.717) is 36.1 Å². The number of rotatable bonds is 8. The molecule has 4 saturated carbocycles. The van der Waals surface area contributed by atoms with Crippen LogP contribution in [-0.4, -0.2) is 60.5 Å². The van der Waals surface area contributed by atoms with Crippen molar-refractivity contribution in [3.63, 3.8) is 0 Å². The molecule has 2 atom stereocenters. The van der Waals surface area contributed by atoms with E-state index >= 15 is 0 Å². The molecule has 2 unspecified atom stereocenters. The van der Waals surface area contributed by atoms with Crippen molar-refractivity contribution in [2.45, 2.75) is 81.6 Å². The second-order valence-electron chi connectivity index (χ2n) is 12.5. The normalized spacial score (nSPS) is 29.6. The molecule has 2 aromatic rings. The molecule has 40 heavy (non-hydrogen) atoms. The lowest BCUT2D eigenvalue weighted by atomic mass is 9.48. The standard InChI is InChI=1S/C18H23O2S.C14H20F2O3/c1-2-3-10-20-17-8-9-18(21-13-11-19-12-14-21)16-7-5-4-6-15(16)17;1-12(15,16)11(17)19-8-13-3-9-2-10(4-13)6-14(18,5-9)7-13/h4-9H,2-3,10-14H2,1H3;9-10,18H,2-8H2,1H3/q+1;. The summed E-state index contributed by atoms with van der Waals surface area (Å²) < 4.78 is 42.0. The van der Waals surface area contributed by atoms with Gasteiger partial charge < -0.3 is 19.3 Å². The minimum Gasteiger partial charge on any atom is -0.493 e. The SMILES string of the molecule is CC(F)(F)C(=O)OCC12CC3CC(CC(O)(C3)C1)C2.CCCCOc1ccc([S+]2CCOCC2)c2ccccc12. The quantitative estimate of drug-likeness (QED) is 0.219. The Balaban J connectivity index is 0.000000162. The van der Waals surface area contributed by atoms with Crippen molar-refractivity contribution in [3.8, 4) is 5.75 Å². The van der Waals surface area contributed by atoms with Crippen molar-refractivity contribution >= 4 is 27.6 Å². The summed E-state index contributed by atoms with van der Waals surface area (Å²) in [6.07, 6.45) is 7.43. The Labute approximate surface area is 239 Å². The van der Waals surface area contributed by atoms with Crippen LogP contribution in [0.5, 0.6) is 5.75 Å². The number of carbonyl (C=O) groups is 1. The minimum atomic E-state index is -3.43. The molecule has 4 bridgehead atoms. The molecular formula is C32H43F2O5S+. The zero-order chi connectivity index (χ0) is 28.4. The van der Waals surface area contributed by atoms with Gasteiger partial charge >= 0.3 is 11.9 Å². The summed E-state index contributed by atoms with van der Waals surface area (Å²) in [7, 11) is 0.321. The Kier molecular flexibility index (Phi) is 8.98. The van der Waals surface area contributed by atoms with Crippen molar-refractivity contribution in [1.82, 2.24) is 0 Å². The average molecular weight is 578 g/mol. The second kappa shape index (κ2) is 12.1. The maximum absolute atomic E-state index is 12.8. The summed E-state index contributed by atoms with van der Waals surface area (Å²) >= 11 is 0. The Morgan fingerprint density at radius 1 is 1.07 bits per heavy atom. The number of alkyl halides is 2. The molecule has 5 aliphatic rings. The number of fused-ring (bicyclic) bond motifs is 1. The molecule has 0 radical (unpaired) electrons. The van der Waals surface area contributed by atoms with Crippen LogP contribution in [0.4, 0.5) is 8.78 Å². The topological polar surface area (TPSA) is 65.0 Å². The van der Waals surface area contributed by atoms with Gasteiger partial charge in [0, 0.05) is 34.0 Å². The Morgan fingerprint density at radius 3 is 2.38 bits per heavy atom. The van der Waals surface area contributed by atoms with Gasteiger partial charge in [0.05, 0.1) is 32.0 Å². The first-order valence-electron chi connectivity index (χ1n) is 14.8. The van der Waals surface area contributed by atoms with Gasteiger partial charge in [-0.15, -0.1) is 0 Å². The zero-order valence-electron chi connectivity index (χ0n) is 23.8. The molecule has 1 N–H and O–H groups in total. The highest BCUT2D eigenvalue weighted by Crippen LogP contribution is 2.61. The predicted molar refractivity (Wildman–Crippen MR) is 154 cm³/mol. The first kappa shape index (κ1) is 29.6. The summed E-state index contributed by atoms with van der Waals surface area (Å²) in [4.78, 5) is 12.7. The number of ether oxygens (including phenoxy) is 3. The Hall–Kier alpha value is -1.90. The molecule has 2 aromatic carbocycles. The lowest BCUT2D eigenvalue weighted by molar-refractivity contribution is -0.197. The van der Waals surface area contributed by atoms with Crippen molar-refractivity contribution < 1.29 is 32.9 Å². The molecule has 0 amide bonds. The fourth-order valence-corrected chi connectivity index (χ4v) is 9.64. The van der Waals surface area contributed by atoms with Crippen LogP contribution in [-0.2, 0) is 25.2 Å². The average Bonchev–Trinajstić information content (AvgIpc) is 2.91. The number of benzene rings is 2. The number of halogens is 2. The molecule has 4 aliphatic carbocycles. The molecular weight excluding hydrogens is 534 g/mol. The molecule has 1 heterocycles. The van der Waals surface area contributed by atoms with Crippen LogP contribution in [0.3, 0.4) is 0 Å². The molecule has 0 spiro atoms. The van der Waals surface area contributed by atoms with Gasteiger partial charge in [-0.2, -0.15) is 8.78 Å². The number of aliphatic hydroxyl groups is 1. The van der Waals surface area contributed by atoms with Gasteiger partial charge in [-0.25, -0.2) is 4.79 Å². The van der Waals surface area contributed by atoms with Crippen LogP contribution in [0, 0.1) is 17.3 Å². The minimum absolute atomic E-state index is 0.0323. The highest BCUT2D eigenvalue weighted by Gasteiger charge is 2.57. The van der Waals surface area contributed by atoms with E-state index in [4.69, 9.17) is 14.2 Å². The molecule has 1 saturated heterocycles. The van der Waals surface area contributed by atoms with E-state index in [9.17, 15) is 18.7 Å². The molecule has 5 nitrogen and oxygen atoms in total. The highest BCUT2D eigenvalue weighted by atomic mass is 32.2. The van der Waals surface area contributed by atoms with Gasteiger partial charge in [-0.3, -0.25) is 0 Å². The van der Waals surface area contributed by atoms with Crippen molar-refractivity contribution in [3.05, 3.63) is 36.4 Å². The summed E-state index contributed by atoms with van der Waals surface area (Å²) in [6.45, 7) is 5.38. The van der Waals surface area contributed by atoms with Gasteiger partial charge in [0.25, 0.3) is 0 Å². The fraction of sp³-hybridized carbons (Fsp3) is 0.656. The fourth-order valence-electron chi connectivity index (χ4n) is 7.61. The van der Waals surface area contributed by atoms with E-state index in [0.717, 1.165) is 75.6 Å². The molecule has 7 rings (SSSR count). The molecule has 8 heteroatoms. The number of hydrogen-bond acceptors (Lipinski definition) is 5. The first-order chi connectivity index (χ1) is 19.1. The molecule has 220 valence electrons. The molecule has 1 aliphatic heterocycles. The zero-order valence-corrected chi connectivity index (χ0v) is 24.6. The third kappa shape index (κ3) is 6.76. The smallest absolute Gasteiger partial charge is 0.376 e. The maximum atomic E-state index is 12.8. The summed E-state index contributed by atoms with van der Waals surface area (Å²) in [5.41, 5.74) is -0.912. The number of hydrogen-bond donors (Lipinski definition) is 1. The van der Waals surface area contributed by atoms with Gasteiger partial charge in [0.1, 0.15) is 17.3 Å². The van der Waals surface area contributed by atoms with Gasteiger partial charge in [0.15, 0.2) is 4.90 Å². The second-order valence-corrected chi connectivity index (χ2v) is 14.7.